The van der Waals surface area contributed by atoms with E-state index in [0.29, 0.717) is 25.0 Å². The fourth-order valence-electron chi connectivity index (χ4n) is 3.38. The van der Waals surface area contributed by atoms with Crippen molar-refractivity contribution in [2.24, 2.45) is 5.92 Å². The van der Waals surface area contributed by atoms with Gasteiger partial charge in [0, 0.05) is 31.8 Å². The molecular formula is C17H24N2O2. The van der Waals surface area contributed by atoms with Gasteiger partial charge in [-0.25, -0.2) is 0 Å². The van der Waals surface area contributed by atoms with E-state index < -0.39 is 0 Å². The highest BCUT2D eigenvalue weighted by atomic mass is 16.5. The van der Waals surface area contributed by atoms with Gasteiger partial charge in [0.25, 0.3) is 0 Å². The van der Waals surface area contributed by atoms with E-state index >= 15 is 0 Å². The van der Waals surface area contributed by atoms with Crippen LogP contribution >= 0.6 is 0 Å². The number of rotatable bonds is 4. The Balaban J connectivity index is 1.53. The summed E-state index contributed by atoms with van der Waals surface area (Å²) in [6, 6.07) is 6.03. The number of carbonyl (C=O) groups excluding carboxylic acids is 1. The molecule has 114 valence electrons. The SMILES string of the molecule is CCOC1CC(CC(=O)N2CCc3ccc(N)cc3C2)C1. The maximum atomic E-state index is 12.4. The van der Waals surface area contributed by atoms with Crippen LogP contribution in [0.5, 0.6) is 0 Å². The first-order chi connectivity index (χ1) is 10.2. The van der Waals surface area contributed by atoms with Gasteiger partial charge in [-0.2, -0.15) is 0 Å². The molecule has 1 aromatic carbocycles. The lowest BCUT2D eigenvalue weighted by Crippen LogP contribution is -2.40. The Morgan fingerprint density at radius 3 is 2.95 bits per heavy atom. The largest absolute Gasteiger partial charge is 0.399 e. The molecular weight excluding hydrogens is 264 g/mol. The molecule has 2 aliphatic rings. The third kappa shape index (κ3) is 3.21. The Morgan fingerprint density at radius 2 is 2.19 bits per heavy atom. The first-order valence-electron chi connectivity index (χ1n) is 7.92. The first-order valence-corrected chi connectivity index (χ1v) is 7.92. The Labute approximate surface area is 126 Å². The number of ether oxygens (including phenoxy) is 1. The fourth-order valence-corrected chi connectivity index (χ4v) is 3.38. The maximum Gasteiger partial charge on any atom is 0.223 e. The summed E-state index contributed by atoms with van der Waals surface area (Å²) in [6.45, 7) is 4.34. The Bertz CT molecular complexity index is 524. The van der Waals surface area contributed by atoms with Crippen LogP contribution in [0.4, 0.5) is 5.69 Å². The molecule has 4 nitrogen and oxygen atoms in total. The summed E-state index contributed by atoms with van der Waals surface area (Å²) in [7, 11) is 0. The van der Waals surface area contributed by atoms with Gasteiger partial charge in [0.15, 0.2) is 0 Å². The summed E-state index contributed by atoms with van der Waals surface area (Å²) in [5.41, 5.74) is 9.15. The van der Waals surface area contributed by atoms with Gasteiger partial charge in [0.2, 0.25) is 5.91 Å². The number of hydrogen-bond acceptors (Lipinski definition) is 3. The van der Waals surface area contributed by atoms with Crippen LogP contribution in [0.25, 0.3) is 0 Å². The average molecular weight is 288 g/mol. The van der Waals surface area contributed by atoms with Crippen molar-refractivity contribution in [2.45, 2.75) is 45.3 Å². The van der Waals surface area contributed by atoms with Crippen molar-refractivity contribution in [3.8, 4) is 0 Å². The molecule has 21 heavy (non-hydrogen) atoms. The third-order valence-corrected chi connectivity index (χ3v) is 4.65. The molecule has 2 N–H and O–H groups in total. The Hall–Kier alpha value is -1.55. The minimum Gasteiger partial charge on any atom is -0.399 e. The lowest BCUT2D eigenvalue weighted by Gasteiger charge is -2.36. The van der Waals surface area contributed by atoms with E-state index in [1.165, 1.54) is 11.1 Å². The predicted molar refractivity (Wildman–Crippen MR) is 82.7 cm³/mol. The molecule has 0 unspecified atom stereocenters. The van der Waals surface area contributed by atoms with E-state index in [4.69, 9.17) is 10.5 Å². The number of amides is 1. The summed E-state index contributed by atoms with van der Waals surface area (Å²) < 4.78 is 5.56. The molecule has 1 aromatic rings. The molecule has 0 bridgehead atoms. The van der Waals surface area contributed by atoms with Gasteiger partial charge in [-0.3, -0.25) is 4.79 Å². The van der Waals surface area contributed by atoms with Crippen molar-refractivity contribution < 1.29 is 9.53 Å². The summed E-state index contributed by atoms with van der Waals surface area (Å²) in [4.78, 5) is 14.4. The van der Waals surface area contributed by atoms with E-state index in [2.05, 4.69) is 6.07 Å². The second-order valence-electron chi connectivity index (χ2n) is 6.21. The molecule has 1 amide bonds. The zero-order chi connectivity index (χ0) is 14.8. The van der Waals surface area contributed by atoms with E-state index in [1.807, 2.05) is 24.0 Å². The number of fused-ring (bicyclic) bond motifs is 1. The molecule has 3 rings (SSSR count). The predicted octanol–water partition coefficient (Wildman–Crippen LogP) is 2.36. The third-order valence-electron chi connectivity index (χ3n) is 4.65. The van der Waals surface area contributed by atoms with Gasteiger partial charge in [0.05, 0.1) is 6.10 Å². The van der Waals surface area contributed by atoms with Crippen molar-refractivity contribution in [3.63, 3.8) is 0 Å². The summed E-state index contributed by atoms with van der Waals surface area (Å²) >= 11 is 0. The highest BCUT2D eigenvalue weighted by molar-refractivity contribution is 5.77. The van der Waals surface area contributed by atoms with Crippen LogP contribution in [0, 0.1) is 5.92 Å². The van der Waals surface area contributed by atoms with Crippen molar-refractivity contribution in [2.75, 3.05) is 18.9 Å². The fraction of sp³-hybridized carbons (Fsp3) is 0.588. The van der Waals surface area contributed by atoms with Crippen LogP contribution in [0.2, 0.25) is 0 Å². The van der Waals surface area contributed by atoms with E-state index in [1.54, 1.807) is 0 Å². The van der Waals surface area contributed by atoms with Crippen molar-refractivity contribution in [1.82, 2.24) is 4.90 Å². The Morgan fingerprint density at radius 1 is 1.38 bits per heavy atom. The van der Waals surface area contributed by atoms with Crippen molar-refractivity contribution >= 4 is 11.6 Å². The number of carbonyl (C=O) groups is 1. The first kappa shape index (κ1) is 14.4. The average Bonchev–Trinajstić information content (AvgIpc) is 2.44. The number of anilines is 1. The van der Waals surface area contributed by atoms with Crippen LogP contribution in [-0.2, 0) is 22.5 Å². The summed E-state index contributed by atoms with van der Waals surface area (Å²) in [6.07, 6.45) is 4.07. The number of nitrogens with two attached hydrogens (primary N) is 1. The van der Waals surface area contributed by atoms with Gasteiger partial charge < -0.3 is 15.4 Å². The summed E-state index contributed by atoms with van der Waals surface area (Å²) in [5.74, 6) is 0.791. The van der Waals surface area contributed by atoms with E-state index in [-0.39, 0.29) is 5.91 Å². The van der Waals surface area contributed by atoms with Crippen LogP contribution in [0.15, 0.2) is 18.2 Å². The zero-order valence-electron chi connectivity index (χ0n) is 12.7. The topological polar surface area (TPSA) is 55.6 Å². The normalized spacial score (nSPS) is 24.3. The molecule has 1 saturated carbocycles. The van der Waals surface area contributed by atoms with Gasteiger partial charge in [-0.05, 0) is 55.4 Å². The smallest absolute Gasteiger partial charge is 0.223 e. The summed E-state index contributed by atoms with van der Waals surface area (Å²) in [5, 5.41) is 0. The highest BCUT2D eigenvalue weighted by Crippen LogP contribution is 2.33. The molecule has 0 atom stereocenters. The highest BCUT2D eigenvalue weighted by Gasteiger charge is 2.32. The molecule has 1 heterocycles. The van der Waals surface area contributed by atoms with Gasteiger partial charge in [-0.15, -0.1) is 0 Å². The maximum absolute atomic E-state index is 12.4. The van der Waals surface area contributed by atoms with Gasteiger partial charge >= 0.3 is 0 Å². The van der Waals surface area contributed by atoms with Crippen LogP contribution < -0.4 is 5.73 Å². The van der Waals surface area contributed by atoms with E-state index in [9.17, 15) is 4.79 Å². The minimum absolute atomic E-state index is 0.281. The molecule has 4 heteroatoms. The minimum atomic E-state index is 0.281. The lowest BCUT2D eigenvalue weighted by molar-refractivity contribution is -0.135. The molecule has 1 aliphatic heterocycles. The molecule has 0 aromatic heterocycles. The van der Waals surface area contributed by atoms with Crippen LogP contribution in [-0.4, -0.2) is 30.1 Å². The lowest BCUT2D eigenvalue weighted by atomic mass is 9.79. The second kappa shape index (κ2) is 6.06. The Kier molecular flexibility index (Phi) is 4.15. The van der Waals surface area contributed by atoms with Crippen LogP contribution in [0.1, 0.15) is 37.3 Å². The molecule has 1 aliphatic carbocycles. The van der Waals surface area contributed by atoms with E-state index in [0.717, 1.165) is 38.1 Å². The number of hydrogen-bond donors (Lipinski definition) is 1. The van der Waals surface area contributed by atoms with Crippen molar-refractivity contribution in [3.05, 3.63) is 29.3 Å². The number of nitrogen functional groups attached to an aromatic ring is 1. The molecule has 0 saturated heterocycles. The van der Waals surface area contributed by atoms with Gasteiger partial charge in [-0.1, -0.05) is 6.07 Å². The molecule has 0 spiro atoms. The standard InChI is InChI=1S/C17H24N2O2/c1-2-21-16-7-12(8-16)9-17(20)19-6-5-13-3-4-15(18)10-14(13)11-19/h3-4,10,12,16H,2,5-9,11,18H2,1H3. The van der Waals surface area contributed by atoms with Crippen molar-refractivity contribution in [1.29, 1.82) is 0 Å². The monoisotopic (exact) mass is 288 g/mol. The van der Waals surface area contributed by atoms with Gasteiger partial charge in [0.1, 0.15) is 0 Å². The quantitative estimate of drug-likeness (QED) is 0.865. The number of benzene rings is 1. The molecule has 1 fully saturated rings. The number of nitrogens with zero attached hydrogens (tertiary/aromatic N) is 1. The van der Waals surface area contributed by atoms with Crippen LogP contribution in [0.3, 0.4) is 0 Å². The molecule has 0 radical (unpaired) electrons. The second-order valence-corrected chi connectivity index (χ2v) is 6.21. The zero-order valence-corrected chi connectivity index (χ0v) is 12.7.